The number of carbonyl (C=O) groups excluding carboxylic acids is 3. The SMILES string of the molecule is CSc1cccc(N2C(C=O)NC(C=O)C2C=O)c1. The topological polar surface area (TPSA) is 66.5 Å². The molecule has 1 aromatic rings. The van der Waals surface area contributed by atoms with Crippen molar-refractivity contribution in [3.63, 3.8) is 0 Å². The number of nitrogens with one attached hydrogen (secondary N) is 1. The zero-order valence-corrected chi connectivity index (χ0v) is 11.2. The van der Waals surface area contributed by atoms with Crippen LogP contribution in [-0.4, -0.2) is 43.4 Å². The highest BCUT2D eigenvalue weighted by molar-refractivity contribution is 7.98. The van der Waals surface area contributed by atoms with E-state index in [1.807, 2.05) is 30.5 Å². The maximum Gasteiger partial charge on any atom is 0.157 e. The molecule has 6 heteroatoms. The van der Waals surface area contributed by atoms with Crippen LogP contribution in [0.2, 0.25) is 0 Å². The number of benzene rings is 1. The molecule has 3 unspecified atom stereocenters. The van der Waals surface area contributed by atoms with E-state index < -0.39 is 18.2 Å². The molecule has 19 heavy (non-hydrogen) atoms. The van der Waals surface area contributed by atoms with Crippen LogP contribution in [0.15, 0.2) is 29.2 Å². The molecule has 2 rings (SSSR count). The number of rotatable bonds is 5. The van der Waals surface area contributed by atoms with E-state index >= 15 is 0 Å². The third kappa shape index (κ3) is 2.54. The summed E-state index contributed by atoms with van der Waals surface area (Å²) in [5.74, 6) is 0. The van der Waals surface area contributed by atoms with Crippen molar-refractivity contribution in [2.24, 2.45) is 0 Å². The Morgan fingerprint density at radius 1 is 1.21 bits per heavy atom. The number of aldehydes is 3. The van der Waals surface area contributed by atoms with Crippen molar-refractivity contribution >= 4 is 36.3 Å². The van der Waals surface area contributed by atoms with Gasteiger partial charge in [0.25, 0.3) is 0 Å². The van der Waals surface area contributed by atoms with Gasteiger partial charge in [-0.25, -0.2) is 0 Å². The number of carbonyl (C=O) groups is 3. The molecule has 0 aromatic heterocycles. The molecule has 1 saturated heterocycles. The van der Waals surface area contributed by atoms with Crippen LogP contribution < -0.4 is 10.2 Å². The lowest BCUT2D eigenvalue weighted by molar-refractivity contribution is -0.114. The van der Waals surface area contributed by atoms with Gasteiger partial charge in [0.05, 0.1) is 6.04 Å². The smallest absolute Gasteiger partial charge is 0.157 e. The van der Waals surface area contributed by atoms with Crippen molar-refractivity contribution in [3.05, 3.63) is 24.3 Å². The van der Waals surface area contributed by atoms with E-state index in [0.29, 0.717) is 18.9 Å². The molecule has 0 amide bonds. The molecule has 0 aliphatic carbocycles. The van der Waals surface area contributed by atoms with Crippen molar-refractivity contribution in [1.29, 1.82) is 0 Å². The summed E-state index contributed by atoms with van der Waals surface area (Å²) < 4.78 is 0. The quantitative estimate of drug-likeness (QED) is 0.624. The molecular formula is C13H14N2O3S. The van der Waals surface area contributed by atoms with Crippen LogP contribution in [0.3, 0.4) is 0 Å². The normalized spacial score (nSPS) is 26.2. The minimum atomic E-state index is -0.664. The largest absolute Gasteiger partial charge is 0.338 e. The van der Waals surface area contributed by atoms with Gasteiger partial charge in [-0.1, -0.05) is 6.07 Å². The van der Waals surface area contributed by atoms with E-state index in [1.165, 1.54) is 0 Å². The van der Waals surface area contributed by atoms with E-state index in [0.717, 1.165) is 10.6 Å². The van der Waals surface area contributed by atoms with Gasteiger partial charge in [0.2, 0.25) is 0 Å². The standard InChI is InChI=1S/C13H14N2O3S/c1-19-10-4-2-3-9(5-10)15-12(7-17)11(6-16)14-13(15)8-18/h2-8,11-14H,1H3. The fourth-order valence-electron chi connectivity index (χ4n) is 2.21. The number of anilines is 1. The fourth-order valence-corrected chi connectivity index (χ4v) is 2.67. The summed E-state index contributed by atoms with van der Waals surface area (Å²) in [6.45, 7) is 0. The van der Waals surface area contributed by atoms with E-state index in [-0.39, 0.29) is 0 Å². The molecule has 1 N–H and O–H groups in total. The highest BCUT2D eigenvalue weighted by Crippen LogP contribution is 2.27. The van der Waals surface area contributed by atoms with Crippen LogP contribution in [-0.2, 0) is 14.4 Å². The summed E-state index contributed by atoms with van der Waals surface area (Å²) >= 11 is 1.57. The average Bonchev–Trinajstić information content (AvgIpc) is 2.84. The molecule has 1 aromatic carbocycles. The maximum atomic E-state index is 11.2. The summed E-state index contributed by atoms with van der Waals surface area (Å²) in [5.41, 5.74) is 0.748. The van der Waals surface area contributed by atoms with Gasteiger partial charge in [-0.05, 0) is 24.5 Å². The Morgan fingerprint density at radius 2 is 2.00 bits per heavy atom. The second kappa shape index (κ2) is 5.99. The first kappa shape index (κ1) is 13.8. The maximum absolute atomic E-state index is 11.2. The van der Waals surface area contributed by atoms with Gasteiger partial charge in [0, 0.05) is 10.6 Å². The lowest BCUT2D eigenvalue weighted by atomic mass is 10.1. The van der Waals surface area contributed by atoms with Gasteiger partial charge in [-0.3, -0.25) is 10.1 Å². The lowest BCUT2D eigenvalue weighted by Crippen LogP contribution is -2.41. The predicted octanol–water partition coefficient (Wildman–Crippen LogP) is 0.478. The van der Waals surface area contributed by atoms with Gasteiger partial charge < -0.3 is 14.5 Å². The van der Waals surface area contributed by atoms with Crippen molar-refractivity contribution < 1.29 is 14.4 Å². The summed E-state index contributed by atoms with van der Waals surface area (Å²) in [4.78, 5) is 36.0. The fraction of sp³-hybridized carbons (Fsp3) is 0.308. The second-order valence-corrected chi connectivity index (χ2v) is 5.02. The molecule has 0 bridgehead atoms. The van der Waals surface area contributed by atoms with E-state index in [1.54, 1.807) is 16.7 Å². The minimum absolute atomic E-state index is 0.661. The van der Waals surface area contributed by atoms with Crippen LogP contribution in [0.25, 0.3) is 0 Å². The first-order valence-corrected chi connectivity index (χ1v) is 7.02. The molecule has 100 valence electrons. The van der Waals surface area contributed by atoms with Crippen molar-refractivity contribution in [2.45, 2.75) is 23.1 Å². The van der Waals surface area contributed by atoms with Crippen LogP contribution in [0.1, 0.15) is 0 Å². The summed E-state index contributed by atoms with van der Waals surface area (Å²) in [6, 6.07) is 6.20. The number of hydrogen-bond donors (Lipinski definition) is 1. The van der Waals surface area contributed by atoms with E-state index in [4.69, 9.17) is 0 Å². The predicted molar refractivity (Wildman–Crippen MR) is 73.4 cm³/mol. The summed E-state index contributed by atoms with van der Waals surface area (Å²) in [7, 11) is 0. The Balaban J connectivity index is 2.40. The highest BCUT2D eigenvalue weighted by Gasteiger charge is 2.40. The number of thioether (sulfide) groups is 1. The Hall–Kier alpha value is -1.66. The first-order chi connectivity index (χ1) is 9.24. The van der Waals surface area contributed by atoms with Crippen molar-refractivity contribution in [2.75, 3.05) is 11.2 Å². The number of nitrogens with zero attached hydrogens (tertiary/aromatic N) is 1. The minimum Gasteiger partial charge on any atom is -0.338 e. The van der Waals surface area contributed by atoms with Gasteiger partial charge in [-0.15, -0.1) is 11.8 Å². The third-order valence-corrected chi connectivity index (χ3v) is 3.84. The van der Waals surface area contributed by atoms with Gasteiger partial charge in [-0.2, -0.15) is 0 Å². The summed E-state index contributed by atoms with van der Waals surface area (Å²) in [5, 5.41) is 2.83. The van der Waals surface area contributed by atoms with Crippen LogP contribution in [0.4, 0.5) is 5.69 Å². The van der Waals surface area contributed by atoms with Crippen LogP contribution in [0.5, 0.6) is 0 Å². The van der Waals surface area contributed by atoms with E-state index in [2.05, 4.69) is 5.32 Å². The van der Waals surface area contributed by atoms with Crippen LogP contribution >= 0.6 is 11.8 Å². The van der Waals surface area contributed by atoms with E-state index in [9.17, 15) is 14.4 Å². The van der Waals surface area contributed by atoms with Crippen molar-refractivity contribution in [3.8, 4) is 0 Å². The van der Waals surface area contributed by atoms with Crippen molar-refractivity contribution in [1.82, 2.24) is 5.32 Å². The molecule has 0 saturated carbocycles. The zero-order valence-electron chi connectivity index (χ0n) is 10.4. The molecule has 1 aliphatic rings. The Labute approximate surface area is 115 Å². The zero-order chi connectivity index (χ0) is 13.8. The molecule has 0 radical (unpaired) electrons. The summed E-state index contributed by atoms with van der Waals surface area (Å²) in [6.07, 6.45) is 3.34. The molecule has 5 nitrogen and oxygen atoms in total. The molecular weight excluding hydrogens is 264 g/mol. The lowest BCUT2D eigenvalue weighted by Gasteiger charge is -2.26. The van der Waals surface area contributed by atoms with Gasteiger partial charge in [0.15, 0.2) is 6.29 Å². The monoisotopic (exact) mass is 278 g/mol. The average molecular weight is 278 g/mol. The van der Waals surface area contributed by atoms with Gasteiger partial charge >= 0.3 is 0 Å². The Kier molecular flexibility index (Phi) is 4.34. The molecule has 1 aliphatic heterocycles. The molecule has 0 spiro atoms. The third-order valence-electron chi connectivity index (χ3n) is 3.12. The van der Waals surface area contributed by atoms with Gasteiger partial charge in [0.1, 0.15) is 24.8 Å². The molecule has 1 heterocycles. The second-order valence-electron chi connectivity index (χ2n) is 4.14. The molecule has 3 atom stereocenters. The number of hydrogen-bond acceptors (Lipinski definition) is 6. The first-order valence-electron chi connectivity index (χ1n) is 5.79. The Bertz CT molecular complexity index is 495. The Morgan fingerprint density at radius 3 is 2.58 bits per heavy atom. The van der Waals surface area contributed by atoms with Crippen LogP contribution in [0, 0.1) is 0 Å². The molecule has 1 fully saturated rings. The highest BCUT2D eigenvalue weighted by atomic mass is 32.2.